The predicted octanol–water partition coefficient (Wildman–Crippen LogP) is 2.90. The molecule has 2 aliphatic heterocycles. The van der Waals surface area contributed by atoms with Crippen molar-refractivity contribution >= 4 is 5.91 Å². The van der Waals surface area contributed by atoms with E-state index in [0.717, 1.165) is 0 Å². The van der Waals surface area contributed by atoms with Crippen LogP contribution in [0.4, 0.5) is 13.2 Å². The summed E-state index contributed by atoms with van der Waals surface area (Å²) in [7, 11) is 1.52. The summed E-state index contributed by atoms with van der Waals surface area (Å²) in [6.07, 6.45) is -4.46. The number of nitrogens with zero attached hydrogens (tertiary/aromatic N) is 2. The normalized spacial score (nSPS) is 21.2. The van der Waals surface area contributed by atoms with Gasteiger partial charge in [0.25, 0.3) is 5.91 Å². The molecule has 132 valence electrons. The minimum atomic E-state index is -4.46. The van der Waals surface area contributed by atoms with E-state index in [0.29, 0.717) is 31.8 Å². The summed E-state index contributed by atoms with van der Waals surface area (Å²) in [4.78, 5) is 15.5. The van der Waals surface area contributed by atoms with Crippen molar-refractivity contribution in [1.29, 1.82) is 0 Å². The Hall–Kier alpha value is -1.60. The fraction of sp³-hybridized carbons (Fsp3) is 0.588. The quantitative estimate of drug-likeness (QED) is 0.829. The number of carbonyl (C=O) groups excluding carboxylic acids is 1. The van der Waals surface area contributed by atoms with Gasteiger partial charge in [-0.2, -0.15) is 13.2 Å². The zero-order valence-electron chi connectivity index (χ0n) is 14.0. The number of morpholine rings is 1. The lowest BCUT2D eigenvalue weighted by Crippen LogP contribution is -2.47. The molecule has 24 heavy (non-hydrogen) atoms. The summed E-state index contributed by atoms with van der Waals surface area (Å²) in [6, 6.07) is 2.80. The average molecular weight is 342 g/mol. The Kier molecular flexibility index (Phi) is 4.12. The van der Waals surface area contributed by atoms with Gasteiger partial charge in [-0.1, -0.05) is 0 Å². The number of alkyl halides is 3. The van der Waals surface area contributed by atoms with E-state index in [2.05, 4.69) is 4.90 Å². The van der Waals surface area contributed by atoms with E-state index in [1.807, 2.05) is 13.8 Å². The summed E-state index contributed by atoms with van der Waals surface area (Å²) in [5.74, 6) is -0.348. The van der Waals surface area contributed by atoms with Gasteiger partial charge in [-0.3, -0.25) is 9.69 Å². The van der Waals surface area contributed by atoms with E-state index in [1.165, 1.54) is 18.0 Å². The minimum Gasteiger partial charge on any atom is -0.373 e. The molecule has 4 nitrogen and oxygen atoms in total. The van der Waals surface area contributed by atoms with Crippen molar-refractivity contribution in [1.82, 2.24) is 9.80 Å². The van der Waals surface area contributed by atoms with Crippen LogP contribution in [0.15, 0.2) is 12.1 Å². The number of amides is 1. The van der Waals surface area contributed by atoms with Gasteiger partial charge >= 0.3 is 6.18 Å². The van der Waals surface area contributed by atoms with E-state index in [-0.39, 0.29) is 29.2 Å². The molecular formula is C17H21F3N2O2. The Morgan fingerprint density at radius 3 is 2.62 bits per heavy atom. The Labute approximate surface area is 139 Å². The third-order valence-corrected chi connectivity index (χ3v) is 4.50. The van der Waals surface area contributed by atoms with Crippen LogP contribution in [0.25, 0.3) is 0 Å². The number of benzene rings is 1. The van der Waals surface area contributed by atoms with Crippen LogP contribution in [0, 0.1) is 0 Å². The van der Waals surface area contributed by atoms with E-state index in [9.17, 15) is 18.0 Å². The second-order valence-corrected chi connectivity index (χ2v) is 7.15. The van der Waals surface area contributed by atoms with Gasteiger partial charge in [-0.15, -0.1) is 0 Å². The van der Waals surface area contributed by atoms with E-state index in [4.69, 9.17) is 4.74 Å². The first-order chi connectivity index (χ1) is 11.1. The van der Waals surface area contributed by atoms with Crippen molar-refractivity contribution in [3.8, 4) is 0 Å². The second-order valence-electron chi connectivity index (χ2n) is 7.15. The van der Waals surface area contributed by atoms with Crippen LogP contribution in [0.3, 0.4) is 0 Å². The van der Waals surface area contributed by atoms with Crippen molar-refractivity contribution < 1.29 is 22.7 Å². The molecule has 0 N–H and O–H groups in total. The van der Waals surface area contributed by atoms with Gasteiger partial charge in [-0.25, -0.2) is 0 Å². The highest BCUT2D eigenvalue weighted by atomic mass is 19.4. The van der Waals surface area contributed by atoms with Gasteiger partial charge in [0.15, 0.2) is 0 Å². The number of hydrogen-bond donors (Lipinski definition) is 0. The fourth-order valence-electron chi connectivity index (χ4n) is 3.46. The molecular weight excluding hydrogens is 321 g/mol. The van der Waals surface area contributed by atoms with Crippen molar-refractivity contribution in [2.45, 2.75) is 38.7 Å². The lowest BCUT2D eigenvalue weighted by atomic mass is 9.98. The third-order valence-electron chi connectivity index (χ3n) is 4.50. The van der Waals surface area contributed by atoms with Crippen molar-refractivity contribution in [3.05, 3.63) is 34.4 Å². The maximum Gasteiger partial charge on any atom is 0.416 e. The summed E-state index contributed by atoms with van der Waals surface area (Å²) in [6.45, 7) is 6.15. The van der Waals surface area contributed by atoms with Crippen LogP contribution in [0.1, 0.15) is 40.9 Å². The van der Waals surface area contributed by atoms with Crippen LogP contribution in [0.5, 0.6) is 0 Å². The maximum atomic E-state index is 13.4. The first-order valence-corrected chi connectivity index (χ1v) is 7.91. The van der Waals surface area contributed by atoms with E-state index in [1.54, 1.807) is 6.07 Å². The Morgan fingerprint density at radius 1 is 1.29 bits per heavy atom. The maximum absolute atomic E-state index is 13.4. The highest BCUT2D eigenvalue weighted by molar-refractivity contribution is 5.98. The van der Waals surface area contributed by atoms with E-state index < -0.39 is 11.7 Å². The Balaban J connectivity index is 1.94. The molecule has 0 radical (unpaired) electrons. The molecule has 0 atom stereocenters. The molecule has 1 fully saturated rings. The molecule has 1 saturated heterocycles. The van der Waals surface area contributed by atoms with Crippen LogP contribution in [-0.2, 0) is 24.0 Å². The predicted molar refractivity (Wildman–Crippen MR) is 82.5 cm³/mol. The van der Waals surface area contributed by atoms with Crippen LogP contribution in [0.2, 0.25) is 0 Å². The molecule has 1 amide bonds. The number of rotatable bonds is 2. The van der Waals surface area contributed by atoms with Gasteiger partial charge < -0.3 is 9.64 Å². The third kappa shape index (κ3) is 3.28. The molecule has 0 bridgehead atoms. The lowest BCUT2D eigenvalue weighted by molar-refractivity contribution is -0.138. The van der Waals surface area contributed by atoms with Gasteiger partial charge in [0.1, 0.15) is 0 Å². The molecule has 2 aliphatic rings. The molecule has 0 spiro atoms. The van der Waals surface area contributed by atoms with Gasteiger partial charge in [-0.05, 0) is 37.1 Å². The molecule has 7 heteroatoms. The van der Waals surface area contributed by atoms with E-state index >= 15 is 0 Å². The number of carbonyl (C=O) groups is 1. The number of fused-ring (bicyclic) bond motifs is 1. The zero-order chi connectivity index (χ0) is 17.7. The van der Waals surface area contributed by atoms with Crippen LogP contribution >= 0.6 is 0 Å². The average Bonchev–Trinajstić information content (AvgIpc) is 2.72. The molecule has 0 unspecified atom stereocenters. The molecule has 1 aromatic rings. The monoisotopic (exact) mass is 342 g/mol. The number of ether oxygens (including phenoxy) is 1. The summed E-state index contributed by atoms with van der Waals surface area (Å²) in [5.41, 5.74) is -0.240. The summed E-state index contributed by atoms with van der Waals surface area (Å²) >= 11 is 0. The first kappa shape index (κ1) is 17.2. The number of halogens is 3. The van der Waals surface area contributed by atoms with Gasteiger partial charge in [0.2, 0.25) is 0 Å². The standard InChI is InChI=1S/C17H21F3N2O2/c1-16(2)10-22(4-5-24-16)8-11-6-12-13(9-21(3)15(12)23)14(7-11)17(18,19)20/h6-7H,4-5,8-10H2,1-3H3. The Bertz CT molecular complexity index is 671. The highest BCUT2D eigenvalue weighted by Gasteiger charge is 2.39. The SMILES string of the molecule is CN1Cc2c(cc(CN3CCOC(C)(C)C3)cc2C(F)(F)F)C1=O. The zero-order valence-corrected chi connectivity index (χ0v) is 14.0. The van der Waals surface area contributed by atoms with Crippen molar-refractivity contribution in [2.75, 3.05) is 26.7 Å². The Morgan fingerprint density at radius 2 is 2.00 bits per heavy atom. The molecule has 0 aromatic heterocycles. The van der Waals surface area contributed by atoms with Crippen LogP contribution < -0.4 is 0 Å². The molecule has 1 aromatic carbocycles. The van der Waals surface area contributed by atoms with Gasteiger partial charge in [0, 0.05) is 38.8 Å². The summed E-state index contributed by atoms with van der Waals surface area (Å²) < 4.78 is 45.9. The van der Waals surface area contributed by atoms with Gasteiger partial charge in [0.05, 0.1) is 17.8 Å². The molecule has 0 aliphatic carbocycles. The van der Waals surface area contributed by atoms with Crippen molar-refractivity contribution in [2.24, 2.45) is 0 Å². The fourth-order valence-corrected chi connectivity index (χ4v) is 3.46. The second kappa shape index (κ2) is 5.74. The smallest absolute Gasteiger partial charge is 0.373 e. The largest absolute Gasteiger partial charge is 0.416 e. The van der Waals surface area contributed by atoms with Crippen LogP contribution in [-0.4, -0.2) is 48.1 Å². The molecule has 0 saturated carbocycles. The lowest BCUT2D eigenvalue weighted by Gasteiger charge is -2.38. The highest BCUT2D eigenvalue weighted by Crippen LogP contribution is 2.38. The molecule has 3 rings (SSSR count). The topological polar surface area (TPSA) is 32.8 Å². The first-order valence-electron chi connectivity index (χ1n) is 7.91. The molecule has 2 heterocycles. The van der Waals surface area contributed by atoms with Crippen molar-refractivity contribution in [3.63, 3.8) is 0 Å². The summed E-state index contributed by atoms with van der Waals surface area (Å²) in [5, 5.41) is 0. The minimum absolute atomic E-state index is 0.00781. The number of hydrogen-bond acceptors (Lipinski definition) is 3.